The van der Waals surface area contributed by atoms with E-state index in [1.165, 1.54) is 0 Å². The molecule has 0 unspecified atom stereocenters. The van der Waals surface area contributed by atoms with Crippen LogP contribution in [0.4, 0.5) is 0 Å². The fourth-order valence-corrected chi connectivity index (χ4v) is 2.24. The van der Waals surface area contributed by atoms with E-state index < -0.39 is 5.54 Å². The second-order valence-electron chi connectivity index (χ2n) is 4.72. The standard InChI is InChI=1S/C13H16BrN3O/c1-13(2,15)12-7-16-8-17(12)10-4-9(14)5-11(6-10)18-3/h4-8H,15H2,1-3H3. The molecule has 0 amide bonds. The summed E-state index contributed by atoms with van der Waals surface area (Å²) >= 11 is 3.47. The van der Waals surface area contributed by atoms with Gasteiger partial charge in [0, 0.05) is 10.5 Å². The van der Waals surface area contributed by atoms with Gasteiger partial charge < -0.3 is 15.0 Å². The highest BCUT2D eigenvalue weighted by Crippen LogP contribution is 2.27. The third-order valence-corrected chi connectivity index (χ3v) is 3.13. The van der Waals surface area contributed by atoms with Gasteiger partial charge in [-0.1, -0.05) is 15.9 Å². The molecule has 2 aromatic rings. The van der Waals surface area contributed by atoms with Crippen molar-refractivity contribution >= 4 is 15.9 Å². The van der Waals surface area contributed by atoms with Crippen LogP contribution in [0.1, 0.15) is 19.5 Å². The number of methoxy groups -OCH3 is 1. The summed E-state index contributed by atoms with van der Waals surface area (Å²) in [6, 6.07) is 5.86. The molecule has 0 aliphatic rings. The topological polar surface area (TPSA) is 53.1 Å². The van der Waals surface area contributed by atoms with Gasteiger partial charge in [0.1, 0.15) is 5.75 Å². The van der Waals surface area contributed by atoms with Gasteiger partial charge in [-0.3, -0.25) is 0 Å². The molecular weight excluding hydrogens is 294 g/mol. The highest BCUT2D eigenvalue weighted by atomic mass is 79.9. The molecule has 0 radical (unpaired) electrons. The smallest absolute Gasteiger partial charge is 0.122 e. The molecule has 1 heterocycles. The van der Waals surface area contributed by atoms with E-state index in [-0.39, 0.29) is 0 Å². The van der Waals surface area contributed by atoms with E-state index in [1.807, 2.05) is 36.6 Å². The summed E-state index contributed by atoms with van der Waals surface area (Å²) in [7, 11) is 1.65. The van der Waals surface area contributed by atoms with Crippen LogP contribution in [0.15, 0.2) is 35.2 Å². The SMILES string of the molecule is COc1cc(Br)cc(-n2cncc2C(C)(C)N)c1. The van der Waals surface area contributed by atoms with Crippen molar-refractivity contribution in [1.82, 2.24) is 9.55 Å². The third-order valence-electron chi connectivity index (χ3n) is 2.67. The van der Waals surface area contributed by atoms with Crippen molar-refractivity contribution in [3.05, 3.63) is 40.9 Å². The maximum Gasteiger partial charge on any atom is 0.122 e. The average molecular weight is 310 g/mol. The maximum atomic E-state index is 6.14. The van der Waals surface area contributed by atoms with Gasteiger partial charge in [0.05, 0.1) is 36.6 Å². The number of halogens is 1. The van der Waals surface area contributed by atoms with Crippen molar-refractivity contribution < 1.29 is 4.74 Å². The Morgan fingerprint density at radius 1 is 1.33 bits per heavy atom. The second kappa shape index (κ2) is 4.74. The molecular formula is C13H16BrN3O. The van der Waals surface area contributed by atoms with Crippen LogP contribution in [0.2, 0.25) is 0 Å². The molecule has 0 saturated heterocycles. The number of benzene rings is 1. The first-order valence-corrected chi connectivity index (χ1v) is 6.38. The van der Waals surface area contributed by atoms with Crippen LogP contribution >= 0.6 is 15.9 Å². The molecule has 2 N–H and O–H groups in total. The van der Waals surface area contributed by atoms with Crippen LogP contribution < -0.4 is 10.5 Å². The summed E-state index contributed by atoms with van der Waals surface area (Å²) in [5, 5.41) is 0. The van der Waals surface area contributed by atoms with Gasteiger partial charge in [0.15, 0.2) is 0 Å². The first kappa shape index (κ1) is 13.1. The Labute approximate surface area is 115 Å². The van der Waals surface area contributed by atoms with E-state index in [4.69, 9.17) is 10.5 Å². The molecule has 4 nitrogen and oxygen atoms in total. The van der Waals surface area contributed by atoms with E-state index in [2.05, 4.69) is 20.9 Å². The monoisotopic (exact) mass is 309 g/mol. The lowest BCUT2D eigenvalue weighted by Gasteiger charge is -2.21. The molecule has 2 rings (SSSR count). The molecule has 0 aliphatic heterocycles. The van der Waals surface area contributed by atoms with Crippen molar-refractivity contribution in [1.29, 1.82) is 0 Å². The Kier molecular flexibility index (Phi) is 3.45. The lowest BCUT2D eigenvalue weighted by molar-refractivity contribution is 0.414. The Bertz CT molecular complexity index is 558. The molecule has 0 atom stereocenters. The van der Waals surface area contributed by atoms with Gasteiger partial charge in [0.2, 0.25) is 0 Å². The molecule has 1 aromatic heterocycles. The molecule has 0 aliphatic carbocycles. The van der Waals surface area contributed by atoms with Gasteiger partial charge in [-0.15, -0.1) is 0 Å². The third kappa shape index (κ3) is 2.57. The Balaban J connectivity index is 2.56. The van der Waals surface area contributed by atoms with Crippen molar-refractivity contribution in [2.75, 3.05) is 7.11 Å². The first-order chi connectivity index (χ1) is 8.41. The van der Waals surface area contributed by atoms with Crippen molar-refractivity contribution in [2.45, 2.75) is 19.4 Å². The lowest BCUT2D eigenvalue weighted by Crippen LogP contribution is -2.31. The van der Waals surface area contributed by atoms with Gasteiger partial charge in [-0.05, 0) is 26.0 Å². The van der Waals surface area contributed by atoms with Crippen molar-refractivity contribution in [3.8, 4) is 11.4 Å². The molecule has 18 heavy (non-hydrogen) atoms. The van der Waals surface area contributed by atoms with Crippen LogP contribution in [0.25, 0.3) is 5.69 Å². The highest BCUT2D eigenvalue weighted by Gasteiger charge is 2.20. The van der Waals surface area contributed by atoms with Gasteiger partial charge in [-0.25, -0.2) is 4.98 Å². The van der Waals surface area contributed by atoms with E-state index in [9.17, 15) is 0 Å². The van der Waals surface area contributed by atoms with E-state index in [0.29, 0.717) is 0 Å². The van der Waals surface area contributed by atoms with Crippen molar-refractivity contribution in [2.24, 2.45) is 5.73 Å². The van der Waals surface area contributed by atoms with Gasteiger partial charge >= 0.3 is 0 Å². The predicted molar refractivity (Wildman–Crippen MR) is 75.0 cm³/mol. The molecule has 96 valence electrons. The highest BCUT2D eigenvalue weighted by molar-refractivity contribution is 9.10. The number of hydrogen-bond donors (Lipinski definition) is 1. The molecule has 5 heteroatoms. The largest absolute Gasteiger partial charge is 0.497 e. The normalized spacial score (nSPS) is 11.6. The summed E-state index contributed by atoms with van der Waals surface area (Å²) in [4.78, 5) is 4.18. The Morgan fingerprint density at radius 3 is 2.67 bits per heavy atom. The van der Waals surface area contributed by atoms with Crippen LogP contribution in [-0.2, 0) is 5.54 Å². The molecule has 0 fully saturated rings. The number of imidazole rings is 1. The minimum Gasteiger partial charge on any atom is -0.497 e. The van der Waals surface area contributed by atoms with Gasteiger partial charge in [0.25, 0.3) is 0 Å². The summed E-state index contributed by atoms with van der Waals surface area (Å²) in [5.74, 6) is 0.786. The average Bonchev–Trinajstić information content (AvgIpc) is 2.76. The zero-order valence-electron chi connectivity index (χ0n) is 10.6. The second-order valence-corrected chi connectivity index (χ2v) is 5.64. The maximum absolute atomic E-state index is 6.14. The van der Waals surface area contributed by atoms with Crippen LogP contribution in [-0.4, -0.2) is 16.7 Å². The molecule has 1 aromatic carbocycles. The molecule has 0 bridgehead atoms. The number of rotatable bonds is 3. The Hall–Kier alpha value is -1.33. The fraction of sp³-hybridized carbons (Fsp3) is 0.308. The summed E-state index contributed by atoms with van der Waals surface area (Å²) in [6.45, 7) is 3.91. The summed E-state index contributed by atoms with van der Waals surface area (Å²) < 4.78 is 8.18. The van der Waals surface area contributed by atoms with Crippen LogP contribution in [0.5, 0.6) is 5.75 Å². The molecule has 0 saturated carbocycles. The number of nitrogens with two attached hydrogens (primary N) is 1. The van der Waals surface area contributed by atoms with E-state index in [1.54, 1.807) is 19.6 Å². The first-order valence-electron chi connectivity index (χ1n) is 5.58. The predicted octanol–water partition coefficient (Wildman–Crippen LogP) is 2.84. The number of aromatic nitrogens is 2. The Morgan fingerprint density at radius 2 is 2.06 bits per heavy atom. The number of hydrogen-bond acceptors (Lipinski definition) is 3. The summed E-state index contributed by atoms with van der Waals surface area (Å²) in [5.41, 5.74) is 7.60. The number of nitrogens with zero attached hydrogens (tertiary/aromatic N) is 2. The molecule has 0 spiro atoms. The van der Waals surface area contributed by atoms with Crippen LogP contribution in [0.3, 0.4) is 0 Å². The van der Waals surface area contributed by atoms with Crippen molar-refractivity contribution in [3.63, 3.8) is 0 Å². The number of ether oxygens (including phenoxy) is 1. The zero-order chi connectivity index (χ0) is 13.3. The van der Waals surface area contributed by atoms with E-state index >= 15 is 0 Å². The lowest BCUT2D eigenvalue weighted by atomic mass is 10.0. The van der Waals surface area contributed by atoms with Gasteiger partial charge in [-0.2, -0.15) is 0 Å². The summed E-state index contributed by atoms with van der Waals surface area (Å²) in [6.07, 6.45) is 3.54. The zero-order valence-corrected chi connectivity index (χ0v) is 12.2. The van der Waals surface area contributed by atoms with Crippen LogP contribution in [0, 0.1) is 0 Å². The van der Waals surface area contributed by atoms with E-state index in [0.717, 1.165) is 21.6 Å². The minimum absolute atomic E-state index is 0.452. The quantitative estimate of drug-likeness (QED) is 0.948. The fourth-order valence-electron chi connectivity index (χ4n) is 1.78. The minimum atomic E-state index is -0.452.